The lowest BCUT2D eigenvalue weighted by atomic mass is 9.98. The van der Waals surface area contributed by atoms with E-state index in [-0.39, 0.29) is 11.1 Å². The number of carbonyl (C=O) groups excluding carboxylic acids is 2. The van der Waals surface area contributed by atoms with Gasteiger partial charge in [0.1, 0.15) is 73.2 Å². The van der Waals surface area contributed by atoms with Crippen LogP contribution in [0.25, 0.3) is 0 Å². The lowest BCUT2D eigenvalue weighted by Crippen LogP contribution is -2.61. The molecule has 3 aliphatic heterocycles. The highest BCUT2D eigenvalue weighted by atomic mass is 16.7. The Bertz CT molecular complexity index is 1550. The van der Waals surface area contributed by atoms with E-state index in [0.717, 1.165) is 11.1 Å². The van der Waals surface area contributed by atoms with Gasteiger partial charge < -0.3 is 84.6 Å². The molecule has 0 amide bonds. The zero-order valence-electron chi connectivity index (χ0n) is 31.7. The van der Waals surface area contributed by atoms with Crippen LogP contribution in [0.3, 0.4) is 0 Å². The molecule has 3 fully saturated rings. The maximum absolute atomic E-state index is 12.7. The third-order valence-corrected chi connectivity index (χ3v) is 9.12. The van der Waals surface area contributed by atoms with Gasteiger partial charge >= 0.3 is 11.9 Å². The topological polar surface area (TPSA) is 312 Å². The minimum atomic E-state index is -1.83. The van der Waals surface area contributed by atoms with E-state index in [1.165, 1.54) is 26.0 Å². The first-order valence-electron chi connectivity index (χ1n) is 18.0. The maximum Gasteiger partial charge on any atom is 0.336 e. The molecule has 0 unspecified atom stereocenters. The van der Waals surface area contributed by atoms with E-state index in [9.17, 15) is 65.8 Å². The van der Waals surface area contributed by atoms with Gasteiger partial charge in [0.05, 0.1) is 19.8 Å². The van der Waals surface area contributed by atoms with Crippen LogP contribution in [0, 0.1) is 0 Å². The number of ether oxygens (including phenoxy) is 6. The Morgan fingerprint density at radius 1 is 0.474 bits per heavy atom. The van der Waals surface area contributed by atoms with Gasteiger partial charge in [-0.05, 0) is 27.7 Å². The van der Waals surface area contributed by atoms with Crippen LogP contribution in [0.4, 0.5) is 0 Å². The fourth-order valence-electron chi connectivity index (χ4n) is 5.46. The summed E-state index contributed by atoms with van der Waals surface area (Å²) in [7, 11) is 0. The molecule has 0 aliphatic carbocycles. The molecule has 0 saturated carbocycles. The molecule has 3 rings (SSSR count). The van der Waals surface area contributed by atoms with Crippen molar-refractivity contribution in [3.63, 3.8) is 0 Å². The zero-order chi connectivity index (χ0) is 42.6. The Morgan fingerprint density at radius 2 is 0.825 bits per heavy atom. The van der Waals surface area contributed by atoms with Gasteiger partial charge in [0.15, 0.2) is 6.29 Å². The molecule has 19 heteroatoms. The van der Waals surface area contributed by atoms with E-state index >= 15 is 0 Å². The minimum absolute atomic E-state index is 0.0944. The van der Waals surface area contributed by atoms with E-state index in [4.69, 9.17) is 28.4 Å². The van der Waals surface area contributed by atoms with Crippen LogP contribution >= 0.6 is 0 Å². The Balaban J connectivity index is 1.48. The maximum atomic E-state index is 12.7. The molecule has 3 heterocycles. The molecule has 0 aromatic rings. The van der Waals surface area contributed by atoms with Crippen molar-refractivity contribution in [2.45, 2.75) is 120 Å². The molecule has 3 aliphatic rings. The van der Waals surface area contributed by atoms with Crippen LogP contribution in [0.5, 0.6) is 0 Å². The minimum Gasteiger partial charge on any atom is -0.429 e. The molecular weight excluding hydrogens is 760 g/mol. The number of aliphatic hydroxyl groups is 11. The van der Waals surface area contributed by atoms with Gasteiger partial charge in [-0.25, -0.2) is 9.59 Å². The Hall–Kier alpha value is -3.48. The van der Waals surface area contributed by atoms with Crippen LogP contribution in [0.2, 0.25) is 0 Å². The van der Waals surface area contributed by atoms with Crippen molar-refractivity contribution in [3.8, 4) is 0 Å². The van der Waals surface area contributed by atoms with Gasteiger partial charge in [0.2, 0.25) is 12.6 Å². The fourth-order valence-corrected chi connectivity index (χ4v) is 5.46. The molecule has 0 aromatic heterocycles. The Labute approximate surface area is 328 Å². The molecule has 3 saturated heterocycles. The highest BCUT2D eigenvalue weighted by Crippen LogP contribution is 2.27. The Kier molecular flexibility index (Phi) is 19.0. The van der Waals surface area contributed by atoms with Crippen molar-refractivity contribution in [2.24, 2.45) is 0 Å². The average Bonchev–Trinajstić information content (AvgIpc) is 3.18. The molecular formula is C38H54O19. The van der Waals surface area contributed by atoms with Gasteiger partial charge in [-0.2, -0.15) is 0 Å². The van der Waals surface area contributed by atoms with Gasteiger partial charge in [-0.1, -0.05) is 71.9 Å². The summed E-state index contributed by atoms with van der Waals surface area (Å²) in [5.41, 5.74) is 1.86. The molecule has 0 bridgehead atoms. The van der Waals surface area contributed by atoms with Crippen molar-refractivity contribution >= 4 is 11.9 Å². The second-order valence-electron chi connectivity index (χ2n) is 13.7. The van der Waals surface area contributed by atoms with Crippen LogP contribution in [0.15, 0.2) is 83.1 Å². The Morgan fingerprint density at radius 3 is 1.23 bits per heavy atom. The predicted molar refractivity (Wildman–Crippen MR) is 195 cm³/mol. The number of allylic oxidation sites excluding steroid dienone is 12. The van der Waals surface area contributed by atoms with Gasteiger partial charge in [-0.3, -0.25) is 0 Å². The second-order valence-corrected chi connectivity index (χ2v) is 13.7. The van der Waals surface area contributed by atoms with Crippen LogP contribution in [-0.4, -0.2) is 180 Å². The van der Waals surface area contributed by atoms with Crippen molar-refractivity contribution in [3.05, 3.63) is 83.1 Å². The van der Waals surface area contributed by atoms with Crippen molar-refractivity contribution in [2.75, 3.05) is 19.8 Å². The first-order valence-corrected chi connectivity index (χ1v) is 18.0. The van der Waals surface area contributed by atoms with E-state index in [2.05, 4.69) is 0 Å². The fraction of sp³-hybridized carbons (Fsp3) is 0.579. The van der Waals surface area contributed by atoms with E-state index in [1.807, 2.05) is 6.92 Å². The SMILES string of the molecule is CC(/C=C/C=C(\C)C(=O)O[C@@H]1O[C@H](CO)[C@H](O)[C@H](O)[C@@H]1O)=C\C=C\C=C(C)\C=C\C=C(/C)C(=O)O[C@H]1O[C@@H](CO[C@@H]2O[C@H](CO)[C@@H](O)[C@H](O)[C@H]2O)[C@H](O)[C@@H](O)[C@@H]1O. The summed E-state index contributed by atoms with van der Waals surface area (Å²) in [5.74, 6) is -1.75. The molecule has 19 nitrogen and oxygen atoms in total. The van der Waals surface area contributed by atoms with Gasteiger partial charge in [-0.15, -0.1) is 0 Å². The molecule has 11 N–H and O–H groups in total. The van der Waals surface area contributed by atoms with Crippen LogP contribution in [-0.2, 0) is 38.0 Å². The van der Waals surface area contributed by atoms with Gasteiger partial charge in [0, 0.05) is 11.1 Å². The standard InChI is InChI=1S/C38H54O19/c1-18(11-7-13-20(3)34(50)56-37-32(48)29(45)26(42)23(16-40)54-37)9-5-6-10-19(2)12-8-14-21(4)35(51)57-38-33(49)30(46)27(43)24(55-38)17-52-36-31(47)28(44)25(41)22(15-39)53-36/h5-14,22-33,36-49H,15-17H2,1-4H3/b6-5+,11-7+,12-8+,18-9+,19-10+,20-13+,21-14+/t22-,23-,24+,25-,26+,27+,28+,29+,30-,31-,32+,33+,36-,37+,38-/m1/s1. The second kappa shape index (κ2) is 22.6. The lowest BCUT2D eigenvalue weighted by Gasteiger charge is -2.42. The number of hydrogen-bond acceptors (Lipinski definition) is 19. The third kappa shape index (κ3) is 13.3. The number of hydrogen-bond donors (Lipinski definition) is 11. The largest absolute Gasteiger partial charge is 0.429 e. The highest BCUT2D eigenvalue weighted by molar-refractivity contribution is 5.88. The first-order chi connectivity index (χ1) is 26.9. The summed E-state index contributed by atoms with van der Waals surface area (Å²) in [6, 6.07) is 0. The third-order valence-electron chi connectivity index (χ3n) is 9.12. The van der Waals surface area contributed by atoms with Crippen molar-refractivity contribution in [1.82, 2.24) is 0 Å². The molecule has 320 valence electrons. The average molecular weight is 815 g/mol. The number of esters is 2. The monoisotopic (exact) mass is 814 g/mol. The highest BCUT2D eigenvalue weighted by Gasteiger charge is 2.48. The van der Waals surface area contributed by atoms with Crippen LogP contribution in [0.1, 0.15) is 27.7 Å². The molecule has 15 atom stereocenters. The number of rotatable bonds is 15. The summed E-state index contributed by atoms with van der Waals surface area (Å²) < 4.78 is 31.6. The first kappa shape index (κ1) is 47.9. The summed E-state index contributed by atoms with van der Waals surface area (Å²) in [5, 5.41) is 110. The number of carbonyl (C=O) groups is 2. The summed E-state index contributed by atoms with van der Waals surface area (Å²) in [6.45, 7) is 4.59. The summed E-state index contributed by atoms with van der Waals surface area (Å²) >= 11 is 0. The quantitative estimate of drug-likeness (QED) is 0.0445. The van der Waals surface area contributed by atoms with Crippen LogP contribution < -0.4 is 0 Å². The zero-order valence-corrected chi connectivity index (χ0v) is 31.7. The molecule has 0 spiro atoms. The molecule has 0 aromatic carbocycles. The van der Waals surface area contributed by atoms with Gasteiger partial charge in [0.25, 0.3) is 0 Å². The lowest BCUT2D eigenvalue weighted by molar-refractivity contribution is -0.326. The molecule has 0 radical (unpaired) electrons. The van der Waals surface area contributed by atoms with E-state index < -0.39 is 124 Å². The van der Waals surface area contributed by atoms with E-state index in [0.29, 0.717) is 0 Å². The van der Waals surface area contributed by atoms with E-state index in [1.54, 1.807) is 55.5 Å². The van der Waals surface area contributed by atoms with Crippen molar-refractivity contribution < 1.29 is 94.2 Å². The summed E-state index contributed by atoms with van der Waals surface area (Å²) in [4.78, 5) is 25.2. The van der Waals surface area contributed by atoms with Crippen molar-refractivity contribution in [1.29, 1.82) is 0 Å². The molecule has 57 heavy (non-hydrogen) atoms. The smallest absolute Gasteiger partial charge is 0.336 e. The summed E-state index contributed by atoms with van der Waals surface area (Å²) in [6.07, 6.45) is -7.55. The number of aliphatic hydroxyl groups excluding tert-OH is 11. The normalized spacial score (nSPS) is 37.6. The predicted octanol–water partition coefficient (Wildman–Crippen LogP) is -3.05.